The van der Waals surface area contributed by atoms with Crippen molar-refractivity contribution in [1.82, 2.24) is 4.90 Å². The van der Waals surface area contributed by atoms with E-state index in [-0.39, 0.29) is 17.6 Å². The van der Waals surface area contributed by atoms with Crippen LogP contribution in [0.15, 0.2) is 0 Å². The molecule has 1 fully saturated rings. The Labute approximate surface area is 85.5 Å². The van der Waals surface area contributed by atoms with Crippen molar-refractivity contribution in [2.24, 2.45) is 5.92 Å². The minimum absolute atomic E-state index is 0.189. The molecule has 3 nitrogen and oxygen atoms in total. The molecule has 0 bridgehead atoms. The lowest BCUT2D eigenvalue weighted by atomic mass is 10.0. The van der Waals surface area contributed by atoms with Crippen molar-refractivity contribution in [3.63, 3.8) is 0 Å². The highest BCUT2D eigenvalue weighted by Crippen LogP contribution is 2.23. The number of carbonyl (C=O) groups is 2. The van der Waals surface area contributed by atoms with Gasteiger partial charge in [0, 0.05) is 25.4 Å². The van der Waals surface area contributed by atoms with Crippen molar-refractivity contribution in [2.45, 2.75) is 46.1 Å². The molecule has 3 heteroatoms. The van der Waals surface area contributed by atoms with Crippen LogP contribution in [0.2, 0.25) is 0 Å². The van der Waals surface area contributed by atoms with Crippen LogP contribution in [0.3, 0.4) is 0 Å². The van der Waals surface area contributed by atoms with Crippen LogP contribution in [0.5, 0.6) is 0 Å². The minimum Gasteiger partial charge on any atom is -0.340 e. The zero-order valence-electron chi connectivity index (χ0n) is 9.25. The molecule has 0 N–H and O–H groups in total. The topological polar surface area (TPSA) is 37.4 Å². The van der Waals surface area contributed by atoms with E-state index >= 15 is 0 Å². The van der Waals surface area contributed by atoms with E-state index in [4.69, 9.17) is 0 Å². The standard InChI is InChI=1S/C11H19NO2/c1-4-8(2)12-7-10(5-9(3)13)6-11(12)14/h8,10H,4-7H2,1-3H3/t8-,10?/m0/s1. The molecule has 80 valence electrons. The molecule has 1 aliphatic rings. The molecule has 0 aromatic carbocycles. The largest absolute Gasteiger partial charge is 0.340 e. The number of nitrogens with zero attached hydrogens (tertiary/aromatic N) is 1. The van der Waals surface area contributed by atoms with E-state index in [1.165, 1.54) is 0 Å². The Morgan fingerprint density at radius 2 is 2.29 bits per heavy atom. The van der Waals surface area contributed by atoms with Gasteiger partial charge in [-0.25, -0.2) is 0 Å². The third-order valence-electron chi connectivity index (χ3n) is 2.94. The lowest BCUT2D eigenvalue weighted by molar-refractivity contribution is -0.129. The van der Waals surface area contributed by atoms with Crippen LogP contribution in [0.25, 0.3) is 0 Å². The van der Waals surface area contributed by atoms with E-state index in [9.17, 15) is 9.59 Å². The highest BCUT2D eigenvalue weighted by Gasteiger charge is 2.32. The van der Waals surface area contributed by atoms with Gasteiger partial charge in [-0.05, 0) is 26.2 Å². The summed E-state index contributed by atoms with van der Waals surface area (Å²) in [5.74, 6) is 0.661. The van der Waals surface area contributed by atoms with Crippen molar-refractivity contribution in [2.75, 3.05) is 6.54 Å². The van der Waals surface area contributed by atoms with E-state index in [0.717, 1.165) is 13.0 Å². The third-order valence-corrected chi connectivity index (χ3v) is 2.94. The SMILES string of the molecule is CC[C@H](C)N1CC(CC(C)=O)CC1=O. The first-order valence-corrected chi connectivity index (χ1v) is 5.33. The average molecular weight is 197 g/mol. The van der Waals surface area contributed by atoms with E-state index in [2.05, 4.69) is 13.8 Å². The highest BCUT2D eigenvalue weighted by molar-refractivity contribution is 5.81. The van der Waals surface area contributed by atoms with Gasteiger partial charge in [0.25, 0.3) is 0 Å². The van der Waals surface area contributed by atoms with Crippen LogP contribution >= 0.6 is 0 Å². The van der Waals surface area contributed by atoms with Gasteiger partial charge in [-0.3, -0.25) is 4.79 Å². The van der Waals surface area contributed by atoms with Gasteiger partial charge in [-0.15, -0.1) is 0 Å². The van der Waals surface area contributed by atoms with E-state index in [1.807, 2.05) is 4.90 Å². The molecule has 0 saturated carbocycles. The molecule has 1 heterocycles. The van der Waals surface area contributed by atoms with Gasteiger partial charge in [-0.2, -0.15) is 0 Å². The number of rotatable bonds is 4. The number of Topliss-reactive ketones (excluding diaryl/α,β-unsaturated/α-hetero) is 1. The number of amides is 1. The van der Waals surface area contributed by atoms with E-state index in [1.54, 1.807) is 6.92 Å². The molecule has 0 spiro atoms. The van der Waals surface area contributed by atoms with E-state index in [0.29, 0.717) is 18.9 Å². The molecule has 1 amide bonds. The first kappa shape index (κ1) is 11.2. The van der Waals surface area contributed by atoms with Crippen molar-refractivity contribution < 1.29 is 9.59 Å². The fourth-order valence-electron chi connectivity index (χ4n) is 2.00. The Kier molecular flexibility index (Phi) is 3.67. The summed E-state index contributed by atoms with van der Waals surface area (Å²) in [5, 5.41) is 0. The molecular formula is C11H19NO2. The zero-order valence-corrected chi connectivity index (χ0v) is 9.25. The maximum absolute atomic E-state index is 11.6. The van der Waals surface area contributed by atoms with Crippen LogP contribution in [0, 0.1) is 5.92 Å². The summed E-state index contributed by atoms with van der Waals surface area (Å²) >= 11 is 0. The van der Waals surface area contributed by atoms with Crippen LogP contribution in [0.1, 0.15) is 40.0 Å². The van der Waals surface area contributed by atoms with Gasteiger partial charge in [0.2, 0.25) is 5.91 Å². The minimum atomic E-state index is 0.189. The fourth-order valence-corrected chi connectivity index (χ4v) is 2.00. The summed E-state index contributed by atoms with van der Waals surface area (Å²) in [7, 11) is 0. The molecule has 1 saturated heterocycles. The van der Waals surface area contributed by atoms with Gasteiger partial charge < -0.3 is 9.69 Å². The van der Waals surface area contributed by atoms with Gasteiger partial charge >= 0.3 is 0 Å². The third kappa shape index (κ3) is 2.56. The molecule has 0 aromatic rings. The van der Waals surface area contributed by atoms with E-state index < -0.39 is 0 Å². The van der Waals surface area contributed by atoms with Crippen LogP contribution in [-0.2, 0) is 9.59 Å². The Balaban J connectivity index is 2.51. The normalized spacial score (nSPS) is 24.1. The van der Waals surface area contributed by atoms with Gasteiger partial charge in [0.1, 0.15) is 5.78 Å². The van der Waals surface area contributed by atoms with Gasteiger partial charge in [0.05, 0.1) is 0 Å². The average Bonchev–Trinajstić information content (AvgIpc) is 2.44. The maximum Gasteiger partial charge on any atom is 0.223 e. The molecule has 1 unspecified atom stereocenters. The lowest BCUT2D eigenvalue weighted by Crippen LogP contribution is -2.33. The van der Waals surface area contributed by atoms with Crippen LogP contribution < -0.4 is 0 Å². The molecule has 1 aliphatic heterocycles. The number of hydrogen-bond donors (Lipinski definition) is 0. The molecule has 14 heavy (non-hydrogen) atoms. The second-order valence-corrected chi connectivity index (χ2v) is 4.28. The zero-order chi connectivity index (χ0) is 10.7. The predicted octanol–water partition coefficient (Wildman–Crippen LogP) is 1.61. The van der Waals surface area contributed by atoms with Gasteiger partial charge in [0.15, 0.2) is 0 Å². The quantitative estimate of drug-likeness (QED) is 0.686. The number of carbonyl (C=O) groups excluding carboxylic acids is 2. The van der Waals surface area contributed by atoms with Crippen LogP contribution in [0.4, 0.5) is 0 Å². The Bertz CT molecular complexity index is 237. The molecule has 2 atom stereocenters. The smallest absolute Gasteiger partial charge is 0.223 e. The first-order chi connectivity index (χ1) is 6.54. The van der Waals surface area contributed by atoms with Crippen LogP contribution in [-0.4, -0.2) is 29.2 Å². The van der Waals surface area contributed by atoms with Crippen molar-refractivity contribution in [3.05, 3.63) is 0 Å². The first-order valence-electron chi connectivity index (χ1n) is 5.33. The maximum atomic E-state index is 11.6. The molecule has 1 rings (SSSR count). The number of hydrogen-bond acceptors (Lipinski definition) is 2. The monoisotopic (exact) mass is 197 g/mol. The highest BCUT2D eigenvalue weighted by atomic mass is 16.2. The van der Waals surface area contributed by atoms with Crippen molar-refractivity contribution >= 4 is 11.7 Å². The Hall–Kier alpha value is -0.860. The number of ketones is 1. The number of likely N-dealkylation sites (tertiary alicyclic amines) is 1. The molecule has 0 aromatic heterocycles. The summed E-state index contributed by atoms with van der Waals surface area (Å²) in [6.07, 6.45) is 2.10. The summed E-state index contributed by atoms with van der Waals surface area (Å²) in [6, 6.07) is 0.319. The summed E-state index contributed by atoms with van der Waals surface area (Å²) in [5.41, 5.74) is 0. The molecule has 0 radical (unpaired) electrons. The molecule has 0 aliphatic carbocycles. The summed E-state index contributed by atoms with van der Waals surface area (Å²) < 4.78 is 0. The van der Waals surface area contributed by atoms with Crippen molar-refractivity contribution in [1.29, 1.82) is 0 Å². The molecular weight excluding hydrogens is 178 g/mol. The summed E-state index contributed by atoms with van der Waals surface area (Å²) in [4.78, 5) is 24.4. The van der Waals surface area contributed by atoms with Crippen molar-refractivity contribution in [3.8, 4) is 0 Å². The summed E-state index contributed by atoms with van der Waals surface area (Å²) in [6.45, 7) is 6.51. The van der Waals surface area contributed by atoms with Gasteiger partial charge in [-0.1, -0.05) is 6.92 Å². The second kappa shape index (κ2) is 4.58. The predicted molar refractivity (Wildman–Crippen MR) is 54.9 cm³/mol. The second-order valence-electron chi connectivity index (χ2n) is 4.28. The Morgan fingerprint density at radius 1 is 1.64 bits per heavy atom. The Morgan fingerprint density at radius 3 is 2.79 bits per heavy atom. The fraction of sp³-hybridized carbons (Fsp3) is 0.818. The lowest BCUT2D eigenvalue weighted by Gasteiger charge is -2.23.